The lowest BCUT2D eigenvalue weighted by Gasteiger charge is -2.48. The van der Waals surface area contributed by atoms with Gasteiger partial charge in [-0.1, -0.05) is 19.8 Å². The Balaban J connectivity index is 1.49. The number of likely N-dealkylation sites (tertiary alicyclic amines) is 1. The third-order valence-corrected chi connectivity index (χ3v) is 6.37. The van der Waals surface area contributed by atoms with Crippen molar-refractivity contribution in [3.63, 3.8) is 0 Å². The van der Waals surface area contributed by atoms with Crippen molar-refractivity contribution in [2.75, 3.05) is 26.2 Å². The van der Waals surface area contributed by atoms with Gasteiger partial charge in [0.15, 0.2) is 0 Å². The molecule has 0 radical (unpaired) electrons. The van der Waals surface area contributed by atoms with Gasteiger partial charge in [-0.25, -0.2) is 0 Å². The molecule has 3 heteroatoms. The Hall–Kier alpha value is -0.120. The van der Waals surface area contributed by atoms with E-state index < -0.39 is 0 Å². The van der Waals surface area contributed by atoms with E-state index in [9.17, 15) is 0 Å². The first-order valence-electron chi connectivity index (χ1n) is 9.83. The number of hydrogen-bond acceptors (Lipinski definition) is 3. The number of nitrogens with zero attached hydrogens (tertiary/aromatic N) is 1. The first kappa shape index (κ1) is 16.7. The molecule has 3 aliphatic rings. The summed E-state index contributed by atoms with van der Waals surface area (Å²) in [6.45, 7) is 6.53. The molecule has 2 unspecified atom stereocenters. The largest absolute Gasteiger partial charge is 0.396 e. The van der Waals surface area contributed by atoms with Crippen LogP contribution < -0.4 is 5.32 Å². The molecule has 1 heterocycles. The van der Waals surface area contributed by atoms with Crippen molar-refractivity contribution < 1.29 is 5.11 Å². The summed E-state index contributed by atoms with van der Waals surface area (Å²) < 4.78 is 0. The summed E-state index contributed by atoms with van der Waals surface area (Å²) in [6.07, 6.45) is 12.1. The predicted octanol–water partition coefficient (Wildman–Crippen LogP) is 3.03. The minimum absolute atomic E-state index is 0.358. The number of piperidine rings is 1. The average Bonchev–Trinajstić information content (AvgIpc) is 3.01. The zero-order valence-corrected chi connectivity index (χ0v) is 14.5. The maximum absolute atomic E-state index is 9.15. The summed E-state index contributed by atoms with van der Waals surface area (Å²) in [6, 6.07) is 1.54. The van der Waals surface area contributed by atoms with Crippen LogP contribution in [-0.2, 0) is 0 Å². The zero-order chi connectivity index (χ0) is 15.4. The Labute approximate surface area is 136 Å². The molecule has 2 saturated carbocycles. The summed E-state index contributed by atoms with van der Waals surface area (Å²) in [4.78, 5) is 2.78. The van der Waals surface area contributed by atoms with Gasteiger partial charge in [-0.15, -0.1) is 0 Å². The standard InChI is InChI=1S/C19H36N2O/c1-15-9-19(10-15)21-13-17(7-4-8-22)11-18(14-21)20-12-16-5-2-3-6-16/h15-20,22H,2-14H2,1H3. The van der Waals surface area contributed by atoms with Gasteiger partial charge in [-0.05, 0) is 69.2 Å². The van der Waals surface area contributed by atoms with Gasteiger partial charge in [0.25, 0.3) is 0 Å². The molecule has 2 N–H and O–H groups in total. The quantitative estimate of drug-likeness (QED) is 0.759. The maximum Gasteiger partial charge on any atom is 0.0431 e. The third-order valence-electron chi connectivity index (χ3n) is 6.37. The predicted molar refractivity (Wildman–Crippen MR) is 91.9 cm³/mol. The summed E-state index contributed by atoms with van der Waals surface area (Å²) in [5.74, 6) is 2.67. The van der Waals surface area contributed by atoms with Crippen LogP contribution in [0, 0.1) is 17.8 Å². The second-order valence-corrected chi connectivity index (χ2v) is 8.41. The van der Waals surface area contributed by atoms with Gasteiger partial charge in [0.2, 0.25) is 0 Å². The molecule has 0 spiro atoms. The minimum atomic E-state index is 0.358. The molecular formula is C19H36N2O. The maximum atomic E-state index is 9.15. The van der Waals surface area contributed by atoms with Gasteiger partial charge >= 0.3 is 0 Å². The van der Waals surface area contributed by atoms with Crippen LogP contribution in [0.1, 0.15) is 64.7 Å². The summed E-state index contributed by atoms with van der Waals surface area (Å²) >= 11 is 0. The lowest BCUT2D eigenvalue weighted by atomic mass is 9.78. The highest BCUT2D eigenvalue weighted by Gasteiger charge is 2.36. The number of aliphatic hydroxyl groups excluding tert-OH is 1. The smallest absolute Gasteiger partial charge is 0.0431 e. The van der Waals surface area contributed by atoms with E-state index >= 15 is 0 Å². The van der Waals surface area contributed by atoms with Crippen molar-refractivity contribution in [3.05, 3.63) is 0 Å². The molecule has 3 rings (SSSR count). The van der Waals surface area contributed by atoms with E-state index in [2.05, 4.69) is 17.1 Å². The zero-order valence-electron chi connectivity index (χ0n) is 14.5. The lowest BCUT2D eigenvalue weighted by Crippen LogP contribution is -2.56. The number of hydrogen-bond donors (Lipinski definition) is 2. The van der Waals surface area contributed by atoms with E-state index in [1.54, 1.807) is 0 Å². The molecule has 2 atom stereocenters. The van der Waals surface area contributed by atoms with Crippen LogP contribution in [0.4, 0.5) is 0 Å². The summed E-state index contributed by atoms with van der Waals surface area (Å²) in [5.41, 5.74) is 0. The fourth-order valence-corrected chi connectivity index (χ4v) is 4.98. The molecule has 3 fully saturated rings. The highest BCUT2D eigenvalue weighted by Crippen LogP contribution is 2.34. The van der Waals surface area contributed by atoms with Gasteiger partial charge in [0.05, 0.1) is 0 Å². The van der Waals surface area contributed by atoms with Crippen molar-refractivity contribution in [1.29, 1.82) is 0 Å². The number of aliphatic hydroxyl groups is 1. The molecule has 3 nitrogen and oxygen atoms in total. The molecular weight excluding hydrogens is 272 g/mol. The average molecular weight is 309 g/mol. The summed E-state index contributed by atoms with van der Waals surface area (Å²) in [7, 11) is 0. The van der Waals surface area contributed by atoms with Gasteiger partial charge < -0.3 is 10.4 Å². The monoisotopic (exact) mass is 308 g/mol. The van der Waals surface area contributed by atoms with E-state index in [0.717, 1.165) is 30.2 Å². The molecule has 0 bridgehead atoms. The van der Waals surface area contributed by atoms with Crippen LogP contribution in [0.15, 0.2) is 0 Å². The molecule has 0 aromatic heterocycles. The second-order valence-electron chi connectivity index (χ2n) is 8.41. The first-order valence-corrected chi connectivity index (χ1v) is 9.83. The van der Waals surface area contributed by atoms with Crippen LogP contribution in [-0.4, -0.2) is 48.3 Å². The van der Waals surface area contributed by atoms with Crippen LogP contribution >= 0.6 is 0 Å². The van der Waals surface area contributed by atoms with Gasteiger partial charge in [-0.2, -0.15) is 0 Å². The Kier molecular flexibility index (Phi) is 6.17. The van der Waals surface area contributed by atoms with Crippen molar-refractivity contribution in [3.8, 4) is 0 Å². The third kappa shape index (κ3) is 4.46. The Morgan fingerprint density at radius 1 is 1.05 bits per heavy atom. The highest BCUT2D eigenvalue weighted by molar-refractivity contribution is 4.92. The van der Waals surface area contributed by atoms with E-state index in [1.807, 2.05) is 0 Å². The molecule has 1 saturated heterocycles. The molecule has 22 heavy (non-hydrogen) atoms. The summed E-state index contributed by atoms with van der Waals surface area (Å²) in [5, 5.41) is 13.1. The number of nitrogens with one attached hydrogen (secondary N) is 1. The van der Waals surface area contributed by atoms with Crippen molar-refractivity contribution in [1.82, 2.24) is 10.2 Å². The van der Waals surface area contributed by atoms with Gasteiger partial charge in [0.1, 0.15) is 0 Å². The van der Waals surface area contributed by atoms with Gasteiger partial charge in [-0.3, -0.25) is 4.90 Å². The van der Waals surface area contributed by atoms with Crippen molar-refractivity contribution in [2.24, 2.45) is 17.8 Å². The van der Waals surface area contributed by atoms with E-state index in [-0.39, 0.29) is 0 Å². The fraction of sp³-hybridized carbons (Fsp3) is 1.00. The van der Waals surface area contributed by atoms with E-state index in [4.69, 9.17) is 5.11 Å². The SMILES string of the molecule is CC1CC(N2CC(CCCO)CC(NCC3CCCC3)C2)C1. The van der Waals surface area contributed by atoms with E-state index in [1.165, 1.54) is 71.0 Å². The fourth-order valence-electron chi connectivity index (χ4n) is 4.98. The first-order chi connectivity index (χ1) is 10.7. The second kappa shape index (κ2) is 8.12. The van der Waals surface area contributed by atoms with Crippen molar-refractivity contribution in [2.45, 2.75) is 76.8 Å². The van der Waals surface area contributed by atoms with Crippen LogP contribution in [0.25, 0.3) is 0 Å². The molecule has 128 valence electrons. The van der Waals surface area contributed by atoms with Crippen LogP contribution in [0.3, 0.4) is 0 Å². The van der Waals surface area contributed by atoms with E-state index in [0.29, 0.717) is 12.6 Å². The topological polar surface area (TPSA) is 35.5 Å². The lowest BCUT2D eigenvalue weighted by molar-refractivity contribution is 0.0300. The van der Waals surface area contributed by atoms with Crippen LogP contribution in [0.5, 0.6) is 0 Å². The Bertz CT molecular complexity index is 323. The molecule has 0 aromatic carbocycles. The molecule has 0 aromatic rings. The van der Waals surface area contributed by atoms with Crippen molar-refractivity contribution >= 4 is 0 Å². The van der Waals surface area contributed by atoms with Crippen LogP contribution in [0.2, 0.25) is 0 Å². The Morgan fingerprint density at radius 2 is 1.82 bits per heavy atom. The molecule has 1 aliphatic heterocycles. The van der Waals surface area contributed by atoms with Gasteiger partial charge in [0, 0.05) is 31.8 Å². The normalized spacial score (nSPS) is 37.4. The minimum Gasteiger partial charge on any atom is -0.396 e. The Morgan fingerprint density at radius 3 is 2.50 bits per heavy atom. The number of rotatable bonds is 7. The highest BCUT2D eigenvalue weighted by atomic mass is 16.2. The molecule has 2 aliphatic carbocycles. The molecule has 0 amide bonds.